The molecule has 2 aromatic carbocycles. The minimum Gasteiger partial charge on any atom is -0.496 e. The van der Waals surface area contributed by atoms with E-state index >= 15 is 0 Å². The van der Waals surface area contributed by atoms with Crippen molar-refractivity contribution in [2.45, 2.75) is 19.8 Å². The maximum Gasteiger partial charge on any atom is 0.303 e. The van der Waals surface area contributed by atoms with Gasteiger partial charge in [0.1, 0.15) is 5.75 Å². The molecule has 3 rings (SSSR count). The molecule has 6 heteroatoms. The molecule has 3 N–H and O–H groups in total. The molecule has 1 aromatic heterocycles. The highest BCUT2D eigenvalue weighted by atomic mass is 16.5. The van der Waals surface area contributed by atoms with Crippen LogP contribution in [0.1, 0.15) is 28.0 Å². The fraction of sp³-hybridized carbons (Fsp3) is 0.182. The number of carbonyl (C=O) groups is 2. The van der Waals surface area contributed by atoms with Crippen LogP contribution in [0, 0.1) is 6.92 Å². The Labute approximate surface area is 163 Å². The quantitative estimate of drug-likeness (QED) is 0.657. The van der Waals surface area contributed by atoms with Crippen LogP contribution in [0.4, 0.5) is 0 Å². The van der Waals surface area contributed by atoms with Gasteiger partial charge in [0.15, 0.2) is 0 Å². The van der Waals surface area contributed by atoms with Crippen LogP contribution in [-0.2, 0) is 11.2 Å². The largest absolute Gasteiger partial charge is 0.496 e. The van der Waals surface area contributed by atoms with Gasteiger partial charge in [0, 0.05) is 34.3 Å². The van der Waals surface area contributed by atoms with Crippen LogP contribution in [0.5, 0.6) is 5.75 Å². The summed E-state index contributed by atoms with van der Waals surface area (Å²) in [4.78, 5) is 22.7. The first-order valence-corrected chi connectivity index (χ1v) is 8.88. The molecule has 0 spiro atoms. The first-order chi connectivity index (χ1) is 13.4. The minimum absolute atomic E-state index is 0.00454. The summed E-state index contributed by atoms with van der Waals surface area (Å²) in [6.45, 7) is 1.89. The van der Waals surface area contributed by atoms with Crippen molar-refractivity contribution in [1.29, 1.82) is 0 Å². The number of hydrogen-bond acceptors (Lipinski definition) is 3. The topological polar surface area (TPSA) is 94.5 Å². The second-order valence-electron chi connectivity index (χ2n) is 6.51. The monoisotopic (exact) mass is 378 g/mol. The number of benzene rings is 2. The van der Waals surface area contributed by atoms with Gasteiger partial charge in [-0.3, -0.25) is 9.59 Å². The number of hydrogen-bond donors (Lipinski definition) is 2. The maximum atomic E-state index is 11.4. The van der Waals surface area contributed by atoms with Crippen molar-refractivity contribution in [3.8, 4) is 22.6 Å². The van der Waals surface area contributed by atoms with E-state index in [1.54, 1.807) is 19.2 Å². The number of rotatable bonds is 7. The maximum absolute atomic E-state index is 11.4. The number of aryl methyl sites for hydroxylation is 1. The molecule has 28 heavy (non-hydrogen) atoms. The number of carboxylic acid groups (broad SMARTS) is 1. The highest BCUT2D eigenvalue weighted by Crippen LogP contribution is 2.35. The summed E-state index contributed by atoms with van der Waals surface area (Å²) in [7, 11) is 1.61. The number of aliphatic carboxylic acids is 1. The van der Waals surface area contributed by atoms with E-state index in [0.717, 1.165) is 33.8 Å². The molecule has 0 bridgehead atoms. The van der Waals surface area contributed by atoms with Crippen LogP contribution in [0.2, 0.25) is 0 Å². The number of ether oxygens (including phenoxy) is 1. The Balaban J connectivity index is 2.16. The van der Waals surface area contributed by atoms with Gasteiger partial charge in [0.05, 0.1) is 13.5 Å². The predicted molar refractivity (Wildman–Crippen MR) is 107 cm³/mol. The van der Waals surface area contributed by atoms with Crippen molar-refractivity contribution in [2.75, 3.05) is 7.11 Å². The lowest BCUT2D eigenvalue weighted by Gasteiger charge is -2.15. The molecular formula is C22H22N2O4. The van der Waals surface area contributed by atoms with Crippen molar-refractivity contribution < 1.29 is 19.4 Å². The van der Waals surface area contributed by atoms with Gasteiger partial charge in [-0.05, 0) is 49.2 Å². The van der Waals surface area contributed by atoms with Gasteiger partial charge in [-0.2, -0.15) is 0 Å². The van der Waals surface area contributed by atoms with Crippen molar-refractivity contribution in [2.24, 2.45) is 5.73 Å². The zero-order valence-corrected chi connectivity index (χ0v) is 15.8. The first kappa shape index (κ1) is 19.2. The van der Waals surface area contributed by atoms with Gasteiger partial charge in [0.2, 0.25) is 5.91 Å². The van der Waals surface area contributed by atoms with E-state index in [0.29, 0.717) is 12.0 Å². The van der Waals surface area contributed by atoms with Crippen LogP contribution in [0.3, 0.4) is 0 Å². The number of methoxy groups -OCH3 is 1. The molecule has 0 saturated heterocycles. The van der Waals surface area contributed by atoms with Gasteiger partial charge in [0.25, 0.3) is 0 Å². The molecule has 0 aliphatic carbocycles. The third kappa shape index (κ3) is 3.76. The van der Waals surface area contributed by atoms with E-state index < -0.39 is 11.9 Å². The number of primary amides is 1. The molecule has 3 aromatic rings. The van der Waals surface area contributed by atoms with Crippen LogP contribution in [-0.4, -0.2) is 28.7 Å². The van der Waals surface area contributed by atoms with Crippen molar-refractivity contribution in [3.05, 3.63) is 71.5 Å². The SMILES string of the molecule is COc1ccccc1-c1ccn(-c2ccc(C(N)=O)cc2C)c1CCC(=O)O. The second-order valence-corrected chi connectivity index (χ2v) is 6.51. The zero-order chi connectivity index (χ0) is 20.3. The van der Waals surface area contributed by atoms with Gasteiger partial charge in [-0.1, -0.05) is 18.2 Å². The van der Waals surface area contributed by atoms with Crippen molar-refractivity contribution in [1.82, 2.24) is 4.57 Å². The Morgan fingerprint density at radius 3 is 2.50 bits per heavy atom. The number of amides is 1. The molecule has 1 heterocycles. The third-order valence-corrected chi connectivity index (χ3v) is 4.71. The molecule has 0 atom stereocenters. The molecule has 1 amide bonds. The van der Waals surface area contributed by atoms with E-state index in [9.17, 15) is 14.7 Å². The van der Waals surface area contributed by atoms with Crippen LogP contribution in [0.15, 0.2) is 54.7 Å². The van der Waals surface area contributed by atoms with E-state index in [1.165, 1.54) is 0 Å². The Bertz CT molecular complexity index is 1040. The molecule has 0 aliphatic rings. The van der Waals surface area contributed by atoms with Crippen LogP contribution in [0.25, 0.3) is 16.8 Å². The average Bonchev–Trinajstić information content (AvgIpc) is 3.09. The summed E-state index contributed by atoms with van der Waals surface area (Å²) >= 11 is 0. The number of nitrogens with zero attached hydrogens (tertiary/aromatic N) is 1. The molecule has 144 valence electrons. The molecule has 0 fully saturated rings. The molecule has 0 unspecified atom stereocenters. The summed E-state index contributed by atoms with van der Waals surface area (Å²) in [6.07, 6.45) is 2.27. The highest BCUT2D eigenvalue weighted by Gasteiger charge is 2.17. The Hall–Kier alpha value is -3.54. The van der Waals surface area contributed by atoms with Crippen molar-refractivity contribution >= 4 is 11.9 Å². The number of carbonyl (C=O) groups excluding carboxylic acids is 1. The first-order valence-electron chi connectivity index (χ1n) is 8.88. The van der Waals surface area contributed by atoms with Gasteiger partial charge >= 0.3 is 5.97 Å². The van der Waals surface area contributed by atoms with Crippen molar-refractivity contribution in [3.63, 3.8) is 0 Å². The Morgan fingerprint density at radius 2 is 1.86 bits per heavy atom. The second kappa shape index (κ2) is 8.00. The zero-order valence-electron chi connectivity index (χ0n) is 15.8. The average molecular weight is 378 g/mol. The van der Waals surface area contributed by atoms with E-state index in [1.807, 2.05) is 54.1 Å². The fourth-order valence-electron chi connectivity index (χ4n) is 3.36. The lowest BCUT2D eigenvalue weighted by molar-refractivity contribution is -0.136. The summed E-state index contributed by atoms with van der Waals surface area (Å²) in [5, 5.41) is 9.20. The molecule has 0 radical (unpaired) electrons. The highest BCUT2D eigenvalue weighted by molar-refractivity contribution is 5.93. The fourth-order valence-corrected chi connectivity index (χ4v) is 3.36. The number of nitrogens with two attached hydrogens (primary N) is 1. The minimum atomic E-state index is -0.862. The Morgan fingerprint density at radius 1 is 1.11 bits per heavy atom. The standard InChI is InChI=1S/C22H22N2O4/c1-14-13-15(22(23)27)7-8-18(14)24-12-11-16(19(24)9-10-21(25)26)17-5-3-4-6-20(17)28-2/h3-8,11-13H,9-10H2,1-2H3,(H2,23,27)(H,25,26). The lowest BCUT2D eigenvalue weighted by atomic mass is 10.0. The molecule has 6 nitrogen and oxygen atoms in total. The van der Waals surface area contributed by atoms with E-state index in [2.05, 4.69) is 0 Å². The number of para-hydroxylation sites is 1. The van der Waals surface area contributed by atoms with Crippen LogP contribution >= 0.6 is 0 Å². The Kier molecular flexibility index (Phi) is 5.49. The van der Waals surface area contributed by atoms with Gasteiger partial charge in [-0.15, -0.1) is 0 Å². The molecule has 0 saturated carbocycles. The molecular weight excluding hydrogens is 356 g/mol. The number of aromatic nitrogens is 1. The summed E-state index contributed by atoms with van der Waals surface area (Å²) in [6, 6.07) is 14.8. The third-order valence-electron chi connectivity index (χ3n) is 4.71. The number of carboxylic acids is 1. The predicted octanol–water partition coefficient (Wildman–Crippen LogP) is 3.58. The van der Waals surface area contributed by atoms with E-state index in [4.69, 9.17) is 10.5 Å². The van der Waals surface area contributed by atoms with Gasteiger partial charge in [-0.25, -0.2) is 0 Å². The van der Waals surface area contributed by atoms with Crippen LogP contribution < -0.4 is 10.5 Å². The van der Waals surface area contributed by atoms with Gasteiger partial charge < -0.3 is 20.1 Å². The smallest absolute Gasteiger partial charge is 0.303 e. The normalized spacial score (nSPS) is 10.6. The summed E-state index contributed by atoms with van der Waals surface area (Å²) in [5.41, 5.74) is 10.2. The molecule has 0 aliphatic heterocycles. The summed E-state index contributed by atoms with van der Waals surface area (Å²) in [5.74, 6) is -0.625. The summed E-state index contributed by atoms with van der Waals surface area (Å²) < 4.78 is 7.45. The lowest BCUT2D eigenvalue weighted by Crippen LogP contribution is -2.12. The van der Waals surface area contributed by atoms with E-state index in [-0.39, 0.29) is 6.42 Å².